The van der Waals surface area contributed by atoms with Gasteiger partial charge in [0.2, 0.25) is 0 Å². The molecule has 1 aliphatic rings. The van der Waals surface area contributed by atoms with Crippen LogP contribution in [0.1, 0.15) is 36.0 Å². The van der Waals surface area contributed by atoms with Crippen LogP contribution >= 0.6 is 0 Å². The summed E-state index contributed by atoms with van der Waals surface area (Å²) < 4.78 is 29.5. The Balaban J connectivity index is 1.82. The van der Waals surface area contributed by atoms with Crippen LogP contribution in [0.5, 0.6) is 0 Å². The largest absolute Gasteiger partial charge is 0.362 e. The molecular formula is C20H23N3O3S. The number of amidine groups is 1. The normalized spacial score (nSPS) is 16.8. The molecule has 1 heterocycles. The van der Waals surface area contributed by atoms with Gasteiger partial charge >= 0.3 is 0 Å². The fraction of sp³-hybridized carbons (Fsp3) is 0.300. The van der Waals surface area contributed by atoms with Crippen LogP contribution in [0, 0.1) is 0 Å². The van der Waals surface area contributed by atoms with Crippen molar-refractivity contribution in [1.29, 1.82) is 0 Å². The van der Waals surface area contributed by atoms with Crippen LogP contribution in [-0.2, 0) is 10.0 Å². The zero-order valence-electron chi connectivity index (χ0n) is 15.3. The van der Waals surface area contributed by atoms with E-state index in [2.05, 4.69) is 9.71 Å². The van der Waals surface area contributed by atoms with Crippen molar-refractivity contribution < 1.29 is 13.2 Å². The Morgan fingerprint density at radius 3 is 2.59 bits per heavy atom. The van der Waals surface area contributed by atoms with E-state index in [4.69, 9.17) is 0 Å². The number of hydrogen-bond donors (Lipinski definition) is 1. The number of hydrogen-bond acceptors (Lipinski definition) is 3. The lowest BCUT2D eigenvalue weighted by Crippen LogP contribution is -2.26. The molecule has 0 aromatic heterocycles. The summed E-state index contributed by atoms with van der Waals surface area (Å²) in [5.41, 5.74) is 0.922. The number of rotatable bonds is 4. The molecule has 1 N–H and O–H groups in total. The topological polar surface area (TPSA) is 78.8 Å². The number of benzene rings is 2. The Hall–Kier alpha value is -2.67. The molecule has 27 heavy (non-hydrogen) atoms. The predicted octanol–water partition coefficient (Wildman–Crippen LogP) is 3.53. The molecule has 1 aliphatic heterocycles. The van der Waals surface area contributed by atoms with Gasteiger partial charge in [0.05, 0.1) is 4.90 Å². The Bertz CT molecular complexity index is 940. The maximum atomic E-state index is 12.7. The molecule has 2 aromatic rings. The molecule has 0 bridgehead atoms. The van der Waals surface area contributed by atoms with Crippen molar-refractivity contribution in [3.63, 3.8) is 0 Å². The van der Waals surface area contributed by atoms with Gasteiger partial charge in [0.1, 0.15) is 5.84 Å². The molecule has 0 radical (unpaired) electrons. The van der Waals surface area contributed by atoms with Crippen LogP contribution in [0.4, 0.5) is 5.69 Å². The van der Waals surface area contributed by atoms with E-state index in [0.717, 1.165) is 25.8 Å². The Morgan fingerprint density at radius 2 is 1.81 bits per heavy atom. The molecule has 1 amide bonds. The average molecular weight is 385 g/mol. The van der Waals surface area contributed by atoms with E-state index in [9.17, 15) is 13.2 Å². The number of carbonyl (C=O) groups excluding carboxylic acids is 1. The molecule has 0 saturated carbocycles. The summed E-state index contributed by atoms with van der Waals surface area (Å²) in [7, 11) is -1.97. The quantitative estimate of drug-likeness (QED) is 0.873. The maximum Gasteiger partial charge on any atom is 0.284 e. The summed E-state index contributed by atoms with van der Waals surface area (Å²) in [6.07, 6.45) is 3.70. The number of amides is 1. The lowest BCUT2D eigenvalue weighted by molar-refractivity contribution is 0.102. The van der Waals surface area contributed by atoms with Crippen molar-refractivity contribution in [1.82, 2.24) is 4.90 Å². The van der Waals surface area contributed by atoms with Crippen LogP contribution < -0.4 is 5.32 Å². The van der Waals surface area contributed by atoms with Crippen LogP contribution in [0.25, 0.3) is 0 Å². The summed E-state index contributed by atoms with van der Waals surface area (Å²) in [4.78, 5) is 14.3. The van der Waals surface area contributed by atoms with Gasteiger partial charge in [0.15, 0.2) is 0 Å². The van der Waals surface area contributed by atoms with Gasteiger partial charge in [-0.2, -0.15) is 8.42 Å². The number of sulfonamides is 1. The third-order valence-corrected chi connectivity index (χ3v) is 5.79. The smallest absolute Gasteiger partial charge is 0.284 e. The van der Waals surface area contributed by atoms with Crippen molar-refractivity contribution in [2.24, 2.45) is 4.40 Å². The van der Waals surface area contributed by atoms with Crippen LogP contribution in [0.15, 0.2) is 63.9 Å². The zero-order chi connectivity index (χ0) is 19.3. The lowest BCUT2D eigenvalue weighted by Gasteiger charge is -2.17. The van der Waals surface area contributed by atoms with Gasteiger partial charge in [-0.25, -0.2) is 0 Å². The van der Waals surface area contributed by atoms with Gasteiger partial charge in [0.25, 0.3) is 15.9 Å². The molecule has 0 unspecified atom stereocenters. The highest BCUT2D eigenvalue weighted by Crippen LogP contribution is 2.20. The van der Waals surface area contributed by atoms with Crippen molar-refractivity contribution in [2.45, 2.75) is 30.6 Å². The molecule has 0 spiro atoms. The summed E-state index contributed by atoms with van der Waals surface area (Å²) >= 11 is 0. The van der Waals surface area contributed by atoms with Gasteiger partial charge < -0.3 is 10.2 Å². The Kier molecular flexibility index (Phi) is 5.91. The number of anilines is 1. The van der Waals surface area contributed by atoms with E-state index < -0.39 is 10.0 Å². The van der Waals surface area contributed by atoms with Gasteiger partial charge in [-0.15, -0.1) is 4.40 Å². The first kappa shape index (κ1) is 19.1. The highest BCUT2D eigenvalue weighted by atomic mass is 32.2. The first-order valence-corrected chi connectivity index (χ1v) is 10.4. The Labute approximate surface area is 160 Å². The molecule has 0 atom stereocenters. The molecule has 1 fully saturated rings. The molecule has 0 aliphatic carbocycles. The lowest BCUT2D eigenvalue weighted by atomic mass is 10.2. The van der Waals surface area contributed by atoms with Crippen molar-refractivity contribution in [2.75, 3.05) is 18.9 Å². The highest BCUT2D eigenvalue weighted by Gasteiger charge is 2.19. The van der Waals surface area contributed by atoms with E-state index in [0.29, 0.717) is 23.5 Å². The van der Waals surface area contributed by atoms with E-state index in [-0.39, 0.29) is 10.8 Å². The van der Waals surface area contributed by atoms with E-state index in [1.165, 1.54) is 12.1 Å². The zero-order valence-corrected chi connectivity index (χ0v) is 16.1. The van der Waals surface area contributed by atoms with Gasteiger partial charge in [0, 0.05) is 31.3 Å². The second-order valence-electron chi connectivity index (χ2n) is 6.56. The summed E-state index contributed by atoms with van der Waals surface area (Å²) in [6, 6.07) is 15.0. The van der Waals surface area contributed by atoms with Crippen LogP contribution in [-0.4, -0.2) is 38.7 Å². The second-order valence-corrected chi connectivity index (χ2v) is 8.17. The minimum atomic E-state index is -3.84. The predicted molar refractivity (Wildman–Crippen MR) is 107 cm³/mol. The number of nitrogens with one attached hydrogen (secondary N) is 1. The monoisotopic (exact) mass is 385 g/mol. The van der Waals surface area contributed by atoms with E-state index >= 15 is 0 Å². The van der Waals surface area contributed by atoms with Crippen molar-refractivity contribution >= 4 is 27.5 Å². The van der Waals surface area contributed by atoms with E-state index in [1.807, 2.05) is 18.0 Å². The Morgan fingerprint density at radius 1 is 1.04 bits per heavy atom. The van der Waals surface area contributed by atoms with Crippen LogP contribution in [0.3, 0.4) is 0 Å². The minimum absolute atomic E-state index is 0.0681. The first-order chi connectivity index (χ1) is 13.0. The van der Waals surface area contributed by atoms with Crippen molar-refractivity contribution in [3.05, 3.63) is 60.2 Å². The molecule has 6 nitrogen and oxygen atoms in total. The molecule has 142 valence electrons. The highest BCUT2D eigenvalue weighted by molar-refractivity contribution is 7.90. The fourth-order valence-corrected chi connectivity index (χ4v) is 4.10. The maximum absolute atomic E-state index is 12.7. The van der Waals surface area contributed by atoms with Crippen molar-refractivity contribution in [3.8, 4) is 0 Å². The number of likely N-dealkylation sites (tertiary alicyclic amines) is 1. The third kappa shape index (κ3) is 4.95. The van der Waals surface area contributed by atoms with E-state index in [1.54, 1.807) is 36.4 Å². The van der Waals surface area contributed by atoms with Gasteiger partial charge in [-0.05, 0) is 43.2 Å². The standard InChI is InChI=1S/C20H23N3O3S/c1-23-14-7-3-6-13-19(23)22-27(25,26)18-12-8-11-17(15-18)21-20(24)16-9-4-2-5-10-16/h2,4-5,8-12,15H,3,6-7,13-14H2,1H3,(H,21,24). The molecule has 7 heteroatoms. The third-order valence-electron chi connectivity index (χ3n) is 4.49. The van der Waals surface area contributed by atoms with Crippen LogP contribution in [0.2, 0.25) is 0 Å². The number of nitrogens with zero attached hydrogens (tertiary/aromatic N) is 2. The summed E-state index contributed by atoms with van der Waals surface area (Å²) in [5, 5.41) is 2.73. The molecule has 1 saturated heterocycles. The SMILES string of the molecule is CN1CCCCCC1=NS(=O)(=O)c1cccc(NC(=O)c2ccccc2)c1. The summed E-state index contributed by atoms with van der Waals surface area (Å²) in [5.74, 6) is 0.297. The molecule has 2 aromatic carbocycles. The molecule has 3 rings (SSSR count). The number of carbonyl (C=O) groups is 1. The van der Waals surface area contributed by atoms with Gasteiger partial charge in [-0.3, -0.25) is 4.79 Å². The first-order valence-electron chi connectivity index (χ1n) is 8.97. The minimum Gasteiger partial charge on any atom is -0.362 e. The fourth-order valence-electron chi connectivity index (χ4n) is 2.96. The second kappa shape index (κ2) is 8.35. The van der Waals surface area contributed by atoms with Gasteiger partial charge in [-0.1, -0.05) is 30.7 Å². The molecular weight excluding hydrogens is 362 g/mol. The average Bonchev–Trinajstić information content (AvgIpc) is 2.87. The summed E-state index contributed by atoms with van der Waals surface area (Å²) in [6.45, 7) is 0.807.